The van der Waals surface area contributed by atoms with Gasteiger partial charge in [0.15, 0.2) is 0 Å². The second-order valence-corrected chi connectivity index (χ2v) is 9.11. The molecular weight excluding hydrogens is 434 g/mol. The van der Waals surface area contributed by atoms with Crippen LogP contribution in [0, 0.1) is 0 Å². The number of fused-ring (bicyclic) bond motifs is 1. The van der Waals surface area contributed by atoms with E-state index in [4.69, 9.17) is 0 Å². The van der Waals surface area contributed by atoms with Gasteiger partial charge in [-0.15, -0.1) is 11.3 Å². The molecule has 170 valence electrons. The predicted octanol–water partition coefficient (Wildman–Crippen LogP) is 4.80. The lowest BCUT2D eigenvalue weighted by Gasteiger charge is -2.19. The molecule has 4 aromatic rings. The molecule has 0 aliphatic heterocycles. The number of carbonyl (C=O) groups excluding carboxylic acids is 1. The maximum atomic E-state index is 13.2. The molecule has 0 bridgehead atoms. The summed E-state index contributed by atoms with van der Waals surface area (Å²) < 4.78 is 1.41. The number of benzene rings is 2. The van der Waals surface area contributed by atoms with Crippen LogP contribution in [0.15, 0.2) is 69.6 Å². The molecular formula is C26H27N3O3S. The van der Waals surface area contributed by atoms with Crippen molar-refractivity contribution >= 4 is 28.3 Å². The Morgan fingerprint density at radius 1 is 1.06 bits per heavy atom. The van der Waals surface area contributed by atoms with Crippen LogP contribution in [0.2, 0.25) is 0 Å². The third-order valence-electron chi connectivity index (χ3n) is 6.11. The number of H-pyrrole nitrogens is 1. The molecule has 2 aromatic carbocycles. The number of aromatic amines is 1. The zero-order valence-corrected chi connectivity index (χ0v) is 19.7. The van der Waals surface area contributed by atoms with Crippen LogP contribution in [-0.4, -0.2) is 15.5 Å². The highest BCUT2D eigenvalue weighted by Crippen LogP contribution is 2.28. The number of nitrogens with zero attached hydrogens (tertiary/aromatic N) is 1. The Bertz CT molecular complexity index is 1390. The molecule has 0 radical (unpaired) electrons. The van der Waals surface area contributed by atoms with Gasteiger partial charge in [-0.1, -0.05) is 44.2 Å². The monoisotopic (exact) mass is 461 g/mol. The number of hydrogen-bond donors (Lipinski definition) is 2. The largest absolute Gasteiger partial charge is 0.340 e. The molecule has 0 fully saturated rings. The van der Waals surface area contributed by atoms with Crippen LogP contribution >= 0.6 is 11.3 Å². The van der Waals surface area contributed by atoms with E-state index in [-0.39, 0.29) is 11.9 Å². The minimum atomic E-state index is -0.695. The number of rotatable bonds is 7. The van der Waals surface area contributed by atoms with Crippen molar-refractivity contribution in [2.75, 3.05) is 0 Å². The molecule has 0 saturated carbocycles. The topological polar surface area (TPSA) is 84.0 Å². The minimum absolute atomic E-state index is 0.253. The van der Waals surface area contributed by atoms with Crippen molar-refractivity contribution in [3.05, 3.63) is 102 Å². The highest BCUT2D eigenvalue weighted by molar-refractivity contribution is 7.10. The second-order valence-electron chi connectivity index (χ2n) is 8.13. The molecule has 2 atom stereocenters. The van der Waals surface area contributed by atoms with Crippen molar-refractivity contribution in [3.8, 4) is 0 Å². The third kappa shape index (κ3) is 4.54. The summed E-state index contributed by atoms with van der Waals surface area (Å²) in [5, 5.41) is 5.14. The first-order valence-electron chi connectivity index (χ1n) is 11.1. The zero-order chi connectivity index (χ0) is 23.5. The van der Waals surface area contributed by atoms with Crippen molar-refractivity contribution in [3.63, 3.8) is 0 Å². The van der Waals surface area contributed by atoms with Crippen molar-refractivity contribution < 1.29 is 4.79 Å². The molecule has 2 unspecified atom stereocenters. The first kappa shape index (κ1) is 22.7. The smallest absolute Gasteiger partial charge is 0.316 e. The van der Waals surface area contributed by atoms with Gasteiger partial charge in [0.25, 0.3) is 5.91 Å². The Morgan fingerprint density at radius 2 is 1.79 bits per heavy atom. The van der Waals surface area contributed by atoms with Crippen molar-refractivity contribution in [2.24, 2.45) is 0 Å². The summed E-state index contributed by atoms with van der Waals surface area (Å²) in [5.41, 5.74) is 2.46. The van der Waals surface area contributed by atoms with Crippen molar-refractivity contribution in [2.45, 2.75) is 45.7 Å². The van der Waals surface area contributed by atoms with Crippen LogP contribution < -0.4 is 16.4 Å². The normalized spacial score (nSPS) is 13.1. The summed E-state index contributed by atoms with van der Waals surface area (Å²) >= 11 is 1.59. The van der Waals surface area contributed by atoms with Gasteiger partial charge < -0.3 is 14.9 Å². The highest BCUT2D eigenvalue weighted by atomic mass is 32.1. The molecule has 2 heterocycles. The lowest BCUT2D eigenvalue weighted by molar-refractivity contribution is 0.0943. The molecule has 2 N–H and O–H groups in total. The van der Waals surface area contributed by atoms with Gasteiger partial charge in [0, 0.05) is 17.0 Å². The van der Waals surface area contributed by atoms with E-state index in [9.17, 15) is 14.4 Å². The maximum Gasteiger partial charge on any atom is 0.316 e. The Morgan fingerprint density at radius 3 is 2.42 bits per heavy atom. The first-order valence-corrected chi connectivity index (χ1v) is 12.0. The predicted molar refractivity (Wildman–Crippen MR) is 133 cm³/mol. The van der Waals surface area contributed by atoms with Crippen molar-refractivity contribution in [1.82, 2.24) is 14.9 Å². The van der Waals surface area contributed by atoms with Gasteiger partial charge in [-0.3, -0.25) is 14.4 Å². The molecule has 7 heteroatoms. The number of amides is 1. The lowest BCUT2D eigenvalue weighted by atomic mass is 9.95. The summed E-state index contributed by atoms with van der Waals surface area (Å²) in [5.74, 6) is 0.227. The summed E-state index contributed by atoms with van der Waals surface area (Å²) in [6.45, 7) is 6.55. The molecule has 33 heavy (non-hydrogen) atoms. The van der Waals surface area contributed by atoms with Crippen LogP contribution in [0.5, 0.6) is 0 Å². The van der Waals surface area contributed by atoms with E-state index < -0.39 is 11.1 Å². The van der Waals surface area contributed by atoms with Gasteiger partial charge in [-0.25, -0.2) is 0 Å². The van der Waals surface area contributed by atoms with Gasteiger partial charge in [-0.05, 0) is 60.0 Å². The lowest BCUT2D eigenvalue weighted by Crippen LogP contribution is -2.36. The summed E-state index contributed by atoms with van der Waals surface area (Å²) in [7, 11) is 0. The number of nitrogens with one attached hydrogen (secondary N) is 2. The van der Waals surface area contributed by atoms with Crippen LogP contribution in [0.3, 0.4) is 0 Å². The van der Waals surface area contributed by atoms with Gasteiger partial charge in [0.05, 0.1) is 17.1 Å². The number of aromatic nitrogens is 2. The van der Waals surface area contributed by atoms with Gasteiger partial charge >= 0.3 is 11.1 Å². The molecule has 0 saturated heterocycles. The van der Waals surface area contributed by atoms with E-state index >= 15 is 0 Å². The Hall–Kier alpha value is -3.45. The average molecular weight is 462 g/mol. The number of aryl methyl sites for hydroxylation is 1. The summed E-state index contributed by atoms with van der Waals surface area (Å²) in [6, 6.07) is 17.1. The van der Waals surface area contributed by atoms with Crippen molar-refractivity contribution in [1.29, 1.82) is 0 Å². The fourth-order valence-corrected chi connectivity index (χ4v) is 4.78. The van der Waals surface area contributed by atoms with E-state index in [1.54, 1.807) is 36.5 Å². The number of thiophene rings is 1. The quantitative estimate of drug-likeness (QED) is 0.388. The highest BCUT2D eigenvalue weighted by Gasteiger charge is 2.20. The van der Waals surface area contributed by atoms with Gasteiger partial charge in [0.2, 0.25) is 0 Å². The van der Waals surface area contributed by atoms with Gasteiger partial charge in [-0.2, -0.15) is 0 Å². The molecule has 4 rings (SSSR count). The average Bonchev–Trinajstić information content (AvgIpc) is 3.37. The van der Waals surface area contributed by atoms with E-state index in [1.807, 2.05) is 17.5 Å². The van der Waals surface area contributed by atoms with E-state index in [1.165, 1.54) is 10.1 Å². The van der Waals surface area contributed by atoms with Gasteiger partial charge in [0.1, 0.15) is 0 Å². The molecule has 0 aliphatic rings. The molecule has 0 aliphatic carbocycles. The van der Waals surface area contributed by atoms with Crippen LogP contribution in [0.4, 0.5) is 0 Å². The molecule has 2 aromatic heterocycles. The first-order chi connectivity index (χ1) is 15.9. The molecule has 6 nitrogen and oxygen atoms in total. The van der Waals surface area contributed by atoms with Crippen LogP contribution in [0.25, 0.3) is 11.0 Å². The summed E-state index contributed by atoms with van der Waals surface area (Å²) in [4.78, 5) is 41.0. The maximum absolute atomic E-state index is 13.2. The molecule has 0 spiro atoms. The number of hydrogen-bond acceptors (Lipinski definition) is 4. The zero-order valence-electron chi connectivity index (χ0n) is 18.9. The van der Waals surface area contributed by atoms with Crippen LogP contribution in [-0.2, 0) is 6.54 Å². The SMILES string of the molecule is CCC(C)c1ccc(C(NC(=O)c2ccc3c(c2)[nH]c(=O)c(=O)n3CC)c2cccs2)cc1. The Labute approximate surface area is 195 Å². The standard InChI is InChI=1S/C26H27N3O3S/c1-4-16(3)17-8-10-18(11-9-17)23(22-7-6-14-33-22)28-24(30)19-12-13-21-20(15-19)27-25(31)26(32)29(21)5-2/h6-16,23H,4-5H2,1-3H3,(H,27,31)(H,28,30). The third-order valence-corrected chi connectivity index (χ3v) is 7.04. The van der Waals surface area contributed by atoms with E-state index in [0.717, 1.165) is 16.9 Å². The molecule has 1 amide bonds. The van der Waals surface area contributed by atoms with E-state index in [2.05, 4.69) is 48.4 Å². The van der Waals surface area contributed by atoms with Crippen LogP contribution in [0.1, 0.15) is 65.5 Å². The minimum Gasteiger partial charge on any atom is -0.340 e. The number of carbonyl (C=O) groups is 1. The fraction of sp³-hybridized carbons (Fsp3) is 0.269. The second kappa shape index (κ2) is 9.58. The fourth-order valence-electron chi connectivity index (χ4n) is 3.98. The summed E-state index contributed by atoms with van der Waals surface area (Å²) in [6.07, 6.45) is 1.07. The Kier molecular flexibility index (Phi) is 6.60. The Balaban J connectivity index is 1.68. The van der Waals surface area contributed by atoms with E-state index in [0.29, 0.717) is 29.1 Å².